The molecule has 1 aromatic rings. The number of halogens is 1. The zero-order valence-electron chi connectivity index (χ0n) is 10.6. The van der Waals surface area contributed by atoms with Gasteiger partial charge in [-0.3, -0.25) is 0 Å². The van der Waals surface area contributed by atoms with Crippen LogP contribution in [0.25, 0.3) is 0 Å². The van der Waals surface area contributed by atoms with Crippen LogP contribution in [0.3, 0.4) is 0 Å². The highest BCUT2D eigenvalue weighted by molar-refractivity contribution is 9.09. The first-order chi connectivity index (χ1) is 8.08. The van der Waals surface area contributed by atoms with Crippen LogP contribution in [0.2, 0.25) is 0 Å². The van der Waals surface area contributed by atoms with Gasteiger partial charge in [0, 0.05) is 10.7 Å². The SMILES string of the molecule is CC1COc2ccc(C(Br)C(C)C)cc2OC1. The molecule has 0 aromatic heterocycles. The Morgan fingerprint density at radius 3 is 2.47 bits per heavy atom. The third kappa shape index (κ3) is 2.95. The number of benzene rings is 1. The summed E-state index contributed by atoms with van der Waals surface area (Å²) in [6.07, 6.45) is 0. The van der Waals surface area contributed by atoms with Crippen LogP contribution in [0.4, 0.5) is 0 Å². The summed E-state index contributed by atoms with van der Waals surface area (Å²) in [5.74, 6) is 2.73. The molecule has 0 spiro atoms. The maximum atomic E-state index is 5.79. The van der Waals surface area contributed by atoms with Crippen molar-refractivity contribution in [2.45, 2.75) is 25.6 Å². The second-order valence-corrected chi connectivity index (χ2v) is 6.07. The third-order valence-corrected chi connectivity index (χ3v) is 4.50. The highest BCUT2D eigenvalue weighted by atomic mass is 79.9. The lowest BCUT2D eigenvalue weighted by molar-refractivity contribution is 0.228. The summed E-state index contributed by atoms with van der Waals surface area (Å²) in [6, 6.07) is 6.21. The van der Waals surface area contributed by atoms with E-state index < -0.39 is 0 Å². The molecule has 94 valence electrons. The average molecular weight is 299 g/mol. The van der Waals surface area contributed by atoms with Gasteiger partial charge in [-0.15, -0.1) is 0 Å². The Hall–Kier alpha value is -0.700. The van der Waals surface area contributed by atoms with Crippen molar-refractivity contribution in [2.24, 2.45) is 11.8 Å². The highest BCUT2D eigenvalue weighted by Gasteiger charge is 2.18. The molecule has 1 aliphatic rings. The Bertz CT molecular complexity index is 390. The molecule has 0 N–H and O–H groups in total. The number of fused-ring (bicyclic) bond motifs is 1. The molecule has 0 amide bonds. The Morgan fingerprint density at radius 2 is 1.82 bits per heavy atom. The van der Waals surface area contributed by atoms with E-state index in [1.807, 2.05) is 6.07 Å². The fraction of sp³-hybridized carbons (Fsp3) is 0.571. The van der Waals surface area contributed by atoms with Crippen molar-refractivity contribution in [3.05, 3.63) is 23.8 Å². The van der Waals surface area contributed by atoms with Gasteiger partial charge >= 0.3 is 0 Å². The summed E-state index contributed by atoms with van der Waals surface area (Å²) in [7, 11) is 0. The van der Waals surface area contributed by atoms with Gasteiger partial charge in [0.1, 0.15) is 0 Å². The normalized spacial score (nSPS) is 21.1. The van der Waals surface area contributed by atoms with Crippen LogP contribution in [-0.2, 0) is 0 Å². The van der Waals surface area contributed by atoms with Crippen LogP contribution < -0.4 is 9.47 Å². The van der Waals surface area contributed by atoms with Crippen molar-refractivity contribution in [2.75, 3.05) is 13.2 Å². The molecular formula is C14H19BrO2. The van der Waals surface area contributed by atoms with Crippen LogP contribution in [0, 0.1) is 11.8 Å². The van der Waals surface area contributed by atoms with E-state index in [9.17, 15) is 0 Å². The topological polar surface area (TPSA) is 18.5 Å². The minimum atomic E-state index is 0.358. The number of hydrogen-bond acceptors (Lipinski definition) is 2. The van der Waals surface area contributed by atoms with Crippen molar-refractivity contribution in [3.8, 4) is 11.5 Å². The van der Waals surface area contributed by atoms with E-state index in [0.717, 1.165) is 24.7 Å². The van der Waals surface area contributed by atoms with Crippen LogP contribution in [0.15, 0.2) is 18.2 Å². The van der Waals surface area contributed by atoms with E-state index >= 15 is 0 Å². The van der Waals surface area contributed by atoms with E-state index in [-0.39, 0.29) is 0 Å². The Labute approximate surface area is 111 Å². The van der Waals surface area contributed by atoms with Gasteiger partial charge in [-0.1, -0.05) is 42.8 Å². The lowest BCUT2D eigenvalue weighted by Gasteiger charge is -2.16. The van der Waals surface area contributed by atoms with Gasteiger partial charge in [-0.25, -0.2) is 0 Å². The van der Waals surface area contributed by atoms with Crippen molar-refractivity contribution >= 4 is 15.9 Å². The summed E-state index contributed by atoms with van der Waals surface area (Å²) in [5, 5.41) is 0. The van der Waals surface area contributed by atoms with Gasteiger partial charge in [0.25, 0.3) is 0 Å². The fourth-order valence-electron chi connectivity index (χ4n) is 1.83. The third-order valence-electron chi connectivity index (χ3n) is 2.92. The lowest BCUT2D eigenvalue weighted by Crippen LogP contribution is -2.12. The molecule has 2 rings (SSSR count). The fourth-order valence-corrected chi connectivity index (χ4v) is 2.11. The predicted octanol–water partition coefficient (Wildman–Crippen LogP) is 4.19. The van der Waals surface area contributed by atoms with Gasteiger partial charge < -0.3 is 9.47 Å². The predicted molar refractivity (Wildman–Crippen MR) is 73.1 cm³/mol. The molecule has 17 heavy (non-hydrogen) atoms. The number of alkyl halides is 1. The Balaban J connectivity index is 2.25. The van der Waals surface area contributed by atoms with E-state index in [1.165, 1.54) is 5.56 Å². The lowest BCUT2D eigenvalue weighted by atomic mass is 10.0. The molecule has 0 fully saturated rings. The zero-order valence-corrected chi connectivity index (χ0v) is 12.2. The van der Waals surface area contributed by atoms with Crippen molar-refractivity contribution in [1.82, 2.24) is 0 Å². The number of rotatable bonds is 2. The van der Waals surface area contributed by atoms with Crippen molar-refractivity contribution < 1.29 is 9.47 Å². The van der Waals surface area contributed by atoms with Crippen molar-refractivity contribution in [3.63, 3.8) is 0 Å². The smallest absolute Gasteiger partial charge is 0.161 e. The monoisotopic (exact) mass is 298 g/mol. The maximum absolute atomic E-state index is 5.79. The first-order valence-electron chi connectivity index (χ1n) is 6.11. The first kappa shape index (κ1) is 12.7. The quantitative estimate of drug-likeness (QED) is 0.762. The average Bonchev–Trinajstić information content (AvgIpc) is 2.50. The van der Waals surface area contributed by atoms with Crippen molar-refractivity contribution in [1.29, 1.82) is 0 Å². The minimum Gasteiger partial charge on any atom is -0.489 e. The van der Waals surface area contributed by atoms with E-state index in [4.69, 9.17) is 9.47 Å². The van der Waals surface area contributed by atoms with Crippen LogP contribution in [-0.4, -0.2) is 13.2 Å². The number of ether oxygens (including phenoxy) is 2. The second kappa shape index (κ2) is 5.30. The molecule has 1 aliphatic heterocycles. The van der Waals surface area contributed by atoms with E-state index in [0.29, 0.717) is 16.7 Å². The van der Waals surface area contributed by atoms with Gasteiger partial charge in [0.15, 0.2) is 11.5 Å². The van der Waals surface area contributed by atoms with Gasteiger partial charge in [-0.05, 0) is 23.6 Å². The van der Waals surface area contributed by atoms with Gasteiger partial charge in [0.05, 0.1) is 13.2 Å². The molecule has 1 aromatic carbocycles. The highest BCUT2D eigenvalue weighted by Crippen LogP contribution is 2.37. The standard InChI is InChI=1S/C14H19BrO2/c1-9(2)14(15)11-4-5-12-13(6-11)17-8-10(3)7-16-12/h4-6,9-10,14H,7-8H2,1-3H3. The van der Waals surface area contributed by atoms with Crippen LogP contribution >= 0.6 is 15.9 Å². The molecule has 3 heteroatoms. The van der Waals surface area contributed by atoms with Crippen LogP contribution in [0.1, 0.15) is 31.2 Å². The summed E-state index contributed by atoms with van der Waals surface area (Å²) in [6.45, 7) is 7.99. The summed E-state index contributed by atoms with van der Waals surface area (Å²) in [5.41, 5.74) is 1.25. The molecular weight excluding hydrogens is 280 g/mol. The van der Waals surface area contributed by atoms with E-state index in [2.05, 4.69) is 48.8 Å². The summed E-state index contributed by atoms with van der Waals surface area (Å²) in [4.78, 5) is 0.358. The molecule has 2 unspecified atom stereocenters. The maximum Gasteiger partial charge on any atom is 0.161 e. The Kier molecular flexibility index (Phi) is 3.97. The minimum absolute atomic E-state index is 0.358. The van der Waals surface area contributed by atoms with Crippen LogP contribution in [0.5, 0.6) is 11.5 Å². The van der Waals surface area contributed by atoms with Gasteiger partial charge in [0.2, 0.25) is 0 Å². The number of hydrogen-bond donors (Lipinski definition) is 0. The molecule has 0 saturated carbocycles. The summed E-state index contributed by atoms with van der Waals surface area (Å²) >= 11 is 3.71. The molecule has 0 bridgehead atoms. The molecule has 0 saturated heterocycles. The Morgan fingerprint density at radius 1 is 1.18 bits per heavy atom. The molecule has 0 aliphatic carbocycles. The first-order valence-corrected chi connectivity index (χ1v) is 7.03. The largest absolute Gasteiger partial charge is 0.489 e. The zero-order chi connectivity index (χ0) is 12.4. The second-order valence-electron chi connectivity index (χ2n) is 5.08. The van der Waals surface area contributed by atoms with Gasteiger partial charge in [-0.2, -0.15) is 0 Å². The molecule has 2 atom stereocenters. The molecule has 0 radical (unpaired) electrons. The summed E-state index contributed by atoms with van der Waals surface area (Å²) < 4.78 is 11.5. The van der Waals surface area contributed by atoms with E-state index in [1.54, 1.807) is 0 Å². The molecule has 2 nitrogen and oxygen atoms in total. The molecule has 1 heterocycles.